The van der Waals surface area contributed by atoms with Gasteiger partial charge >= 0.3 is 6.03 Å². The fourth-order valence-corrected chi connectivity index (χ4v) is 3.71. The molecule has 0 spiro atoms. The maximum Gasteiger partial charge on any atom is 0.323 e. The van der Waals surface area contributed by atoms with Gasteiger partial charge < -0.3 is 5.32 Å². The Balaban J connectivity index is 1.91. The molecule has 104 valence electrons. The second kappa shape index (κ2) is 6.07. The first kappa shape index (κ1) is 14.6. The Kier molecular flexibility index (Phi) is 4.66. The molecule has 2 aliphatic rings. The van der Waals surface area contributed by atoms with Crippen LogP contribution >= 0.6 is 24.2 Å². The van der Waals surface area contributed by atoms with Crippen LogP contribution < -0.4 is 10.0 Å². The molecule has 1 aliphatic heterocycles. The standard InChI is InChI=1S/C12H18N4OS2/c1-9-3-2-4-12(7-9,8-13)15-19-11(18)16-6-5-14-10(16)17/h9,15H,2-7H2,1H3,(H,14,17). The predicted molar refractivity (Wildman–Crippen MR) is 79.4 cm³/mol. The number of rotatable bonds is 2. The van der Waals surface area contributed by atoms with Crippen molar-refractivity contribution in [3.8, 4) is 6.07 Å². The molecule has 7 heteroatoms. The van der Waals surface area contributed by atoms with Crippen molar-refractivity contribution < 1.29 is 4.79 Å². The van der Waals surface area contributed by atoms with Gasteiger partial charge in [-0.05, 0) is 30.7 Å². The molecule has 1 saturated carbocycles. The van der Waals surface area contributed by atoms with E-state index in [2.05, 4.69) is 23.0 Å². The number of hydrogen-bond donors (Lipinski definition) is 2. The van der Waals surface area contributed by atoms with Crippen LogP contribution in [0, 0.1) is 17.2 Å². The van der Waals surface area contributed by atoms with Gasteiger partial charge in [0.2, 0.25) is 0 Å². The van der Waals surface area contributed by atoms with Crippen LogP contribution in [-0.4, -0.2) is 33.9 Å². The number of urea groups is 1. The third-order valence-corrected chi connectivity index (χ3v) is 4.98. The summed E-state index contributed by atoms with van der Waals surface area (Å²) < 4.78 is 3.69. The average Bonchev–Trinajstić information content (AvgIpc) is 2.82. The minimum Gasteiger partial charge on any atom is -0.336 e. The van der Waals surface area contributed by atoms with Crippen LogP contribution in [0.4, 0.5) is 4.79 Å². The number of amides is 2. The van der Waals surface area contributed by atoms with Crippen LogP contribution in [-0.2, 0) is 0 Å². The monoisotopic (exact) mass is 298 g/mol. The second-order valence-electron chi connectivity index (χ2n) is 5.25. The lowest BCUT2D eigenvalue weighted by atomic mass is 9.78. The first-order valence-electron chi connectivity index (χ1n) is 6.51. The van der Waals surface area contributed by atoms with E-state index < -0.39 is 5.54 Å². The zero-order chi connectivity index (χ0) is 13.9. The molecule has 2 N–H and O–H groups in total. The van der Waals surface area contributed by atoms with Crippen LogP contribution in [0.25, 0.3) is 0 Å². The topological polar surface area (TPSA) is 68.2 Å². The Morgan fingerprint density at radius 1 is 1.74 bits per heavy atom. The molecule has 1 aliphatic carbocycles. The number of nitrogens with zero attached hydrogens (tertiary/aromatic N) is 2. The minimum atomic E-state index is -0.511. The van der Waals surface area contributed by atoms with E-state index in [1.807, 2.05) is 0 Å². The zero-order valence-corrected chi connectivity index (χ0v) is 12.6. The van der Waals surface area contributed by atoms with E-state index >= 15 is 0 Å². The normalized spacial score (nSPS) is 30.8. The van der Waals surface area contributed by atoms with E-state index in [1.165, 1.54) is 23.3 Å². The lowest BCUT2D eigenvalue weighted by molar-refractivity contribution is 0.235. The summed E-state index contributed by atoms with van der Waals surface area (Å²) in [6.07, 6.45) is 3.91. The Morgan fingerprint density at radius 3 is 3.11 bits per heavy atom. The van der Waals surface area contributed by atoms with Crippen molar-refractivity contribution in [2.75, 3.05) is 13.1 Å². The Morgan fingerprint density at radius 2 is 2.53 bits per heavy atom. The molecule has 19 heavy (non-hydrogen) atoms. The third-order valence-electron chi connectivity index (χ3n) is 3.62. The molecule has 0 aromatic carbocycles. The summed E-state index contributed by atoms with van der Waals surface area (Å²) in [4.78, 5) is 13.0. The fraction of sp³-hybridized carbons (Fsp3) is 0.750. The molecule has 0 radical (unpaired) electrons. The van der Waals surface area contributed by atoms with Gasteiger partial charge in [-0.2, -0.15) is 5.26 Å². The van der Waals surface area contributed by atoms with Gasteiger partial charge in [-0.25, -0.2) is 9.52 Å². The van der Waals surface area contributed by atoms with E-state index in [-0.39, 0.29) is 6.03 Å². The van der Waals surface area contributed by atoms with Crippen molar-refractivity contribution in [1.82, 2.24) is 14.9 Å². The number of hydrogen-bond acceptors (Lipinski definition) is 5. The van der Waals surface area contributed by atoms with E-state index in [0.717, 1.165) is 19.3 Å². The first-order valence-corrected chi connectivity index (χ1v) is 7.73. The molecule has 2 amide bonds. The molecule has 2 atom stereocenters. The van der Waals surface area contributed by atoms with Crippen LogP contribution in [0.2, 0.25) is 0 Å². The Bertz CT molecular complexity index is 422. The molecule has 2 unspecified atom stereocenters. The van der Waals surface area contributed by atoms with Crippen molar-refractivity contribution >= 4 is 34.5 Å². The number of carbonyl (C=O) groups excluding carboxylic acids is 1. The van der Waals surface area contributed by atoms with Crippen molar-refractivity contribution in [2.24, 2.45) is 5.92 Å². The van der Waals surface area contributed by atoms with Gasteiger partial charge in [0.25, 0.3) is 0 Å². The quantitative estimate of drug-likeness (QED) is 0.603. The van der Waals surface area contributed by atoms with E-state index in [9.17, 15) is 10.1 Å². The van der Waals surface area contributed by atoms with Gasteiger partial charge in [-0.15, -0.1) is 0 Å². The summed E-state index contributed by atoms with van der Waals surface area (Å²) in [7, 11) is 0. The smallest absolute Gasteiger partial charge is 0.323 e. The van der Waals surface area contributed by atoms with Gasteiger partial charge in [0.1, 0.15) is 5.54 Å². The lowest BCUT2D eigenvalue weighted by Gasteiger charge is -2.34. The summed E-state index contributed by atoms with van der Waals surface area (Å²) in [5.74, 6) is 0.546. The maximum absolute atomic E-state index is 11.5. The van der Waals surface area contributed by atoms with Gasteiger partial charge in [0, 0.05) is 13.1 Å². The summed E-state index contributed by atoms with van der Waals surface area (Å²) in [6.45, 7) is 3.39. The van der Waals surface area contributed by atoms with Crippen molar-refractivity contribution in [3.05, 3.63) is 0 Å². The molecule has 2 fully saturated rings. The molecule has 5 nitrogen and oxygen atoms in total. The van der Waals surface area contributed by atoms with Gasteiger partial charge in [-0.1, -0.05) is 32.0 Å². The fourth-order valence-electron chi connectivity index (χ4n) is 2.61. The third kappa shape index (κ3) is 3.38. The Hall–Kier alpha value is -0.840. The highest BCUT2D eigenvalue weighted by atomic mass is 32.2. The largest absolute Gasteiger partial charge is 0.336 e. The molecular formula is C12H18N4OS2. The van der Waals surface area contributed by atoms with Crippen LogP contribution in [0.3, 0.4) is 0 Å². The van der Waals surface area contributed by atoms with Gasteiger partial charge in [-0.3, -0.25) is 4.90 Å². The first-order chi connectivity index (χ1) is 9.06. The molecule has 1 heterocycles. The summed E-state index contributed by atoms with van der Waals surface area (Å²) >= 11 is 6.48. The van der Waals surface area contributed by atoms with Gasteiger partial charge in [0.05, 0.1) is 6.07 Å². The van der Waals surface area contributed by atoms with E-state index in [1.54, 1.807) is 0 Å². The summed E-state index contributed by atoms with van der Waals surface area (Å²) in [6, 6.07) is 2.24. The van der Waals surface area contributed by atoms with Crippen LogP contribution in [0.15, 0.2) is 0 Å². The highest BCUT2D eigenvalue weighted by Crippen LogP contribution is 2.33. The average molecular weight is 298 g/mol. The summed E-state index contributed by atoms with van der Waals surface area (Å²) in [5.41, 5.74) is -0.511. The van der Waals surface area contributed by atoms with E-state index in [0.29, 0.717) is 23.3 Å². The van der Waals surface area contributed by atoms with Crippen LogP contribution in [0.1, 0.15) is 32.6 Å². The molecule has 0 bridgehead atoms. The number of carbonyl (C=O) groups is 1. The molecular weight excluding hydrogens is 280 g/mol. The van der Waals surface area contributed by atoms with E-state index in [4.69, 9.17) is 12.2 Å². The molecule has 0 aromatic rings. The van der Waals surface area contributed by atoms with Crippen molar-refractivity contribution in [2.45, 2.75) is 38.1 Å². The maximum atomic E-state index is 11.5. The number of thiocarbonyl (C=S) groups is 1. The number of nitriles is 1. The minimum absolute atomic E-state index is 0.151. The molecule has 2 rings (SSSR count). The molecule has 1 saturated heterocycles. The highest BCUT2D eigenvalue weighted by Gasteiger charge is 2.36. The zero-order valence-electron chi connectivity index (χ0n) is 10.9. The van der Waals surface area contributed by atoms with Crippen molar-refractivity contribution in [3.63, 3.8) is 0 Å². The summed E-state index contributed by atoms with van der Waals surface area (Å²) in [5, 5.41) is 12.1. The van der Waals surface area contributed by atoms with Crippen molar-refractivity contribution in [1.29, 1.82) is 5.26 Å². The number of nitrogens with one attached hydrogen (secondary N) is 2. The van der Waals surface area contributed by atoms with Crippen LogP contribution in [0.5, 0.6) is 0 Å². The SMILES string of the molecule is CC1CCCC(C#N)(NSC(=S)N2CCNC2=O)C1. The molecule has 0 aromatic heterocycles. The Labute approximate surface area is 123 Å². The van der Waals surface area contributed by atoms with Gasteiger partial charge in [0.15, 0.2) is 4.32 Å². The predicted octanol–water partition coefficient (Wildman–Crippen LogP) is 2.01. The lowest BCUT2D eigenvalue weighted by Crippen LogP contribution is -2.45. The second-order valence-corrected chi connectivity index (χ2v) is 6.69. The highest BCUT2D eigenvalue weighted by molar-refractivity contribution is 8.21.